The minimum Gasteiger partial charge on any atom is -0.245 e. The molecule has 9 aromatic rings. The summed E-state index contributed by atoms with van der Waals surface area (Å²) in [6, 6.07) is 49.3. The van der Waals surface area contributed by atoms with E-state index in [1.807, 2.05) is 60.7 Å². The van der Waals surface area contributed by atoms with E-state index in [9.17, 15) is 0 Å². The molecular weight excluding hydrogens is 589 g/mol. The molecule has 0 saturated carbocycles. The zero-order valence-corrected chi connectivity index (χ0v) is 25.7. The largest absolute Gasteiger partial charge is 0.245 e. The summed E-state index contributed by atoms with van der Waals surface area (Å²) in [6.07, 6.45) is 3.47. The van der Waals surface area contributed by atoms with Crippen LogP contribution in [-0.2, 0) is 0 Å². The van der Waals surface area contributed by atoms with Crippen LogP contribution < -0.4 is 0 Å². The number of pyridine rings is 2. The quantitative estimate of drug-likeness (QED) is 0.180. The first kappa shape index (κ1) is 27.6. The van der Waals surface area contributed by atoms with Crippen molar-refractivity contribution in [1.82, 2.24) is 29.9 Å². The van der Waals surface area contributed by atoms with Crippen molar-refractivity contribution in [3.05, 3.63) is 158 Å². The molecule has 5 aromatic carbocycles. The molecule has 4 aromatic heterocycles. The fourth-order valence-corrected chi connectivity index (χ4v) is 6.25. The van der Waals surface area contributed by atoms with Crippen LogP contribution >= 0.6 is 0 Å². The van der Waals surface area contributed by atoms with Crippen molar-refractivity contribution in [2.75, 3.05) is 0 Å². The maximum atomic E-state index is 5.24. The summed E-state index contributed by atoms with van der Waals surface area (Å²) >= 11 is 0. The third-order valence-electron chi connectivity index (χ3n) is 8.57. The highest BCUT2D eigenvalue weighted by Crippen LogP contribution is 2.37. The first-order valence-corrected chi connectivity index (χ1v) is 15.8. The van der Waals surface area contributed by atoms with Gasteiger partial charge in [-0.05, 0) is 53.6 Å². The van der Waals surface area contributed by atoms with E-state index in [0.717, 1.165) is 77.7 Å². The molecule has 224 valence electrons. The highest BCUT2D eigenvalue weighted by molar-refractivity contribution is 6.11. The first-order valence-electron chi connectivity index (χ1n) is 15.8. The molecule has 0 spiro atoms. The number of aromatic nitrogens is 6. The SMILES string of the molecule is c1ccc(-c2ccc3cc(-c4ccc5nc(-c6ccccc6)c(-c6ccccc6)nc5c4)c4ccc(-c5ncccn5)nc4c3n2)cc1. The fourth-order valence-electron chi connectivity index (χ4n) is 6.25. The molecule has 6 heteroatoms. The van der Waals surface area contributed by atoms with Gasteiger partial charge >= 0.3 is 0 Å². The summed E-state index contributed by atoms with van der Waals surface area (Å²) in [6.45, 7) is 0. The second-order valence-electron chi connectivity index (χ2n) is 11.6. The van der Waals surface area contributed by atoms with Crippen molar-refractivity contribution in [3.63, 3.8) is 0 Å². The van der Waals surface area contributed by atoms with Crippen molar-refractivity contribution >= 4 is 32.8 Å². The molecule has 0 amide bonds. The molecule has 0 fully saturated rings. The van der Waals surface area contributed by atoms with Crippen LogP contribution in [0.15, 0.2) is 158 Å². The van der Waals surface area contributed by atoms with Gasteiger partial charge in [0.2, 0.25) is 0 Å². The number of nitrogens with zero attached hydrogens (tertiary/aromatic N) is 6. The van der Waals surface area contributed by atoms with Gasteiger partial charge in [0.15, 0.2) is 5.82 Å². The Morgan fingerprint density at radius 2 is 0.979 bits per heavy atom. The third kappa shape index (κ3) is 4.93. The molecular formula is C42H26N6. The van der Waals surface area contributed by atoms with Crippen LogP contribution in [0.4, 0.5) is 0 Å². The van der Waals surface area contributed by atoms with E-state index in [1.54, 1.807) is 18.5 Å². The van der Waals surface area contributed by atoms with Crippen molar-refractivity contribution < 1.29 is 0 Å². The first-order chi connectivity index (χ1) is 23.8. The monoisotopic (exact) mass is 614 g/mol. The molecule has 0 saturated heterocycles. The number of hydrogen-bond acceptors (Lipinski definition) is 6. The third-order valence-corrected chi connectivity index (χ3v) is 8.57. The van der Waals surface area contributed by atoms with Gasteiger partial charge in [0.05, 0.1) is 39.1 Å². The van der Waals surface area contributed by atoms with Crippen LogP contribution in [0.25, 0.3) is 89.3 Å². The van der Waals surface area contributed by atoms with Crippen LogP contribution in [0, 0.1) is 0 Å². The molecule has 9 rings (SSSR count). The van der Waals surface area contributed by atoms with Crippen molar-refractivity contribution in [2.24, 2.45) is 0 Å². The normalized spacial score (nSPS) is 11.3. The number of rotatable bonds is 5. The molecule has 0 atom stereocenters. The predicted molar refractivity (Wildman–Crippen MR) is 193 cm³/mol. The molecule has 0 aliphatic heterocycles. The summed E-state index contributed by atoms with van der Waals surface area (Å²) in [7, 11) is 0. The Morgan fingerprint density at radius 1 is 0.375 bits per heavy atom. The lowest BCUT2D eigenvalue weighted by Crippen LogP contribution is -1.97. The highest BCUT2D eigenvalue weighted by atomic mass is 14.9. The van der Waals surface area contributed by atoms with Gasteiger partial charge in [-0.15, -0.1) is 0 Å². The van der Waals surface area contributed by atoms with Gasteiger partial charge in [0.1, 0.15) is 5.69 Å². The van der Waals surface area contributed by atoms with Crippen LogP contribution in [0.3, 0.4) is 0 Å². The topological polar surface area (TPSA) is 77.3 Å². The molecule has 0 unspecified atom stereocenters. The van der Waals surface area contributed by atoms with E-state index in [0.29, 0.717) is 11.5 Å². The van der Waals surface area contributed by atoms with Crippen LogP contribution in [-0.4, -0.2) is 29.9 Å². The minimum atomic E-state index is 0.570. The number of fused-ring (bicyclic) bond motifs is 4. The summed E-state index contributed by atoms with van der Waals surface area (Å²) in [5.41, 5.74) is 11.7. The number of benzene rings is 5. The summed E-state index contributed by atoms with van der Waals surface area (Å²) in [5, 5.41) is 1.97. The van der Waals surface area contributed by atoms with E-state index in [1.165, 1.54) is 0 Å². The Balaban J connectivity index is 1.27. The van der Waals surface area contributed by atoms with Crippen molar-refractivity contribution in [2.45, 2.75) is 0 Å². The second kappa shape index (κ2) is 11.6. The van der Waals surface area contributed by atoms with E-state index < -0.39 is 0 Å². The molecule has 4 heterocycles. The Labute approximate surface area is 276 Å². The van der Waals surface area contributed by atoms with E-state index >= 15 is 0 Å². The zero-order chi connectivity index (χ0) is 31.9. The van der Waals surface area contributed by atoms with Gasteiger partial charge in [-0.3, -0.25) is 0 Å². The average Bonchev–Trinajstić information content (AvgIpc) is 3.18. The van der Waals surface area contributed by atoms with Gasteiger partial charge in [-0.2, -0.15) is 0 Å². The van der Waals surface area contributed by atoms with Crippen LogP contribution in [0.1, 0.15) is 0 Å². The zero-order valence-electron chi connectivity index (χ0n) is 25.7. The Hall–Kier alpha value is -6.66. The van der Waals surface area contributed by atoms with Crippen molar-refractivity contribution in [3.8, 4) is 56.4 Å². The molecule has 48 heavy (non-hydrogen) atoms. The summed E-state index contributed by atoms with van der Waals surface area (Å²) < 4.78 is 0. The Morgan fingerprint density at radius 3 is 1.67 bits per heavy atom. The number of hydrogen-bond donors (Lipinski definition) is 0. The van der Waals surface area contributed by atoms with Crippen LogP contribution in [0.2, 0.25) is 0 Å². The second-order valence-corrected chi connectivity index (χ2v) is 11.6. The van der Waals surface area contributed by atoms with Crippen LogP contribution in [0.5, 0.6) is 0 Å². The molecule has 0 N–H and O–H groups in total. The predicted octanol–water partition coefficient (Wildman–Crippen LogP) is 9.85. The van der Waals surface area contributed by atoms with Gasteiger partial charge in [0, 0.05) is 39.9 Å². The summed E-state index contributed by atoms with van der Waals surface area (Å²) in [5.74, 6) is 0.570. The minimum absolute atomic E-state index is 0.570. The molecule has 0 aliphatic rings. The molecule has 0 radical (unpaired) electrons. The molecule has 6 nitrogen and oxygen atoms in total. The van der Waals surface area contributed by atoms with Gasteiger partial charge in [-0.25, -0.2) is 29.9 Å². The summed E-state index contributed by atoms with van der Waals surface area (Å²) in [4.78, 5) is 29.6. The maximum absolute atomic E-state index is 5.24. The Bertz CT molecular complexity index is 2590. The van der Waals surface area contributed by atoms with E-state index in [4.69, 9.17) is 19.9 Å². The standard InChI is InChI=1S/C42H26N6/c1-4-11-27(12-5-1)34-20-18-31-25-33(32-19-22-36(42-43-23-10-24-44-42)47-41(32)40(31)45-34)30-17-21-35-37(26-30)48-39(29-15-8-3-9-16-29)38(46-35)28-13-6-2-7-14-28/h1-26H. The lowest BCUT2D eigenvalue weighted by atomic mass is 9.96. The van der Waals surface area contributed by atoms with E-state index in [-0.39, 0.29) is 0 Å². The van der Waals surface area contributed by atoms with E-state index in [2.05, 4.69) is 88.8 Å². The van der Waals surface area contributed by atoms with Gasteiger partial charge in [0.25, 0.3) is 0 Å². The average molecular weight is 615 g/mol. The molecule has 0 aliphatic carbocycles. The lowest BCUT2D eigenvalue weighted by Gasteiger charge is -2.14. The van der Waals surface area contributed by atoms with Gasteiger partial charge < -0.3 is 0 Å². The maximum Gasteiger partial charge on any atom is 0.178 e. The Kier molecular flexibility index (Phi) is 6.68. The highest BCUT2D eigenvalue weighted by Gasteiger charge is 2.17. The van der Waals surface area contributed by atoms with Gasteiger partial charge in [-0.1, -0.05) is 103 Å². The smallest absolute Gasteiger partial charge is 0.178 e. The lowest BCUT2D eigenvalue weighted by molar-refractivity contribution is 1.15. The van der Waals surface area contributed by atoms with Crippen molar-refractivity contribution in [1.29, 1.82) is 0 Å². The molecule has 0 bridgehead atoms. The fraction of sp³-hybridized carbons (Fsp3) is 0.